The molecule has 0 radical (unpaired) electrons. The first-order valence-corrected chi connectivity index (χ1v) is 9.27. The highest BCUT2D eigenvalue weighted by atomic mass is 35.5. The molecule has 0 atom stereocenters. The van der Waals surface area contributed by atoms with Gasteiger partial charge in [0.2, 0.25) is 5.91 Å². The van der Waals surface area contributed by atoms with Crippen molar-refractivity contribution in [2.24, 2.45) is 0 Å². The summed E-state index contributed by atoms with van der Waals surface area (Å²) in [5.74, 6) is -1.17. The molecular weight excluding hydrogens is 395 g/mol. The monoisotopic (exact) mass is 414 g/mol. The summed E-state index contributed by atoms with van der Waals surface area (Å²) in [5.41, 5.74) is 3.09. The van der Waals surface area contributed by atoms with Gasteiger partial charge in [0.25, 0.3) is 5.91 Å². The Morgan fingerprint density at radius 1 is 1.17 bits per heavy atom. The molecule has 0 saturated heterocycles. The molecule has 8 heteroatoms. The average Bonchev–Trinajstić information content (AvgIpc) is 2.94. The van der Waals surface area contributed by atoms with Crippen molar-refractivity contribution in [1.82, 2.24) is 14.7 Å². The Bertz CT molecular complexity index is 1060. The lowest BCUT2D eigenvalue weighted by Gasteiger charge is -2.17. The van der Waals surface area contributed by atoms with Crippen LogP contribution in [-0.2, 0) is 4.79 Å². The molecular formula is C21H20ClFN4O2. The lowest BCUT2D eigenvalue weighted by atomic mass is 10.2. The van der Waals surface area contributed by atoms with Gasteiger partial charge < -0.3 is 10.2 Å². The third-order valence-electron chi connectivity index (χ3n) is 4.40. The van der Waals surface area contributed by atoms with E-state index in [0.29, 0.717) is 16.3 Å². The Morgan fingerprint density at radius 2 is 1.86 bits per heavy atom. The summed E-state index contributed by atoms with van der Waals surface area (Å²) in [5, 5.41) is 7.56. The van der Waals surface area contributed by atoms with Crippen LogP contribution in [0.3, 0.4) is 0 Å². The number of aromatic nitrogens is 2. The third-order valence-corrected chi connectivity index (χ3v) is 4.94. The normalized spacial score (nSPS) is 10.7. The molecule has 1 aromatic heterocycles. The molecule has 6 nitrogen and oxygen atoms in total. The van der Waals surface area contributed by atoms with Crippen LogP contribution in [0, 0.1) is 19.7 Å². The molecule has 3 rings (SSSR count). The van der Waals surface area contributed by atoms with Crippen molar-refractivity contribution in [3.8, 4) is 5.69 Å². The van der Waals surface area contributed by atoms with Gasteiger partial charge in [-0.15, -0.1) is 0 Å². The summed E-state index contributed by atoms with van der Waals surface area (Å²) in [6, 6.07) is 12.4. The second kappa shape index (κ2) is 8.45. The fraction of sp³-hybridized carbons (Fsp3) is 0.190. The molecule has 1 heterocycles. The maximum atomic E-state index is 13.2. The van der Waals surface area contributed by atoms with E-state index in [0.717, 1.165) is 17.1 Å². The van der Waals surface area contributed by atoms with Crippen molar-refractivity contribution in [2.75, 3.05) is 18.9 Å². The number of anilines is 1. The summed E-state index contributed by atoms with van der Waals surface area (Å²) in [7, 11) is 1.53. The lowest BCUT2D eigenvalue weighted by molar-refractivity contribution is -0.116. The second-order valence-electron chi connectivity index (χ2n) is 6.66. The quantitative estimate of drug-likeness (QED) is 0.686. The Balaban J connectivity index is 1.66. The molecule has 1 N–H and O–H groups in total. The zero-order chi connectivity index (χ0) is 21.1. The van der Waals surface area contributed by atoms with Crippen LogP contribution in [0.1, 0.15) is 21.7 Å². The van der Waals surface area contributed by atoms with E-state index in [2.05, 4.69) is 10.4 Å². The zero-order valence-electron chi connectivity index (χ0n) is 16.2. The molecule has 0 fully saturated rings. The van der Waals surface area contributed by atoms with Crippen molar-refractivity contribution >= 4 is 29.1 Å². The topological polar surface area (TPSA) is 67.2 Å². The van der Waals surface area contributed by atoms with Crippen molar-refractivity contribution in [2.45, 2.75) is 13.8 Å². The van der Waals surface area contributed by atoms with Gasteiger partial charge in [0, 0.05) is 18.3 Å². The van der Waals surface area contributed by atoms with Crippen LogP contribution < -0.4 is 5.32 Å². The van der Waals surface area contributed by atoms with Crippen LogP contribution in [-0.4, -0.2) is 40.1 Å². The number of likely N-dealkylation sites (N-methyl/N-ethyl adjacent to an activating group) is 1. The maximum Gasteiger partial charge on any atom is 0.254 e. The Labute approximate surface area is 172 Å². The zero-order valence-corrected chi connectivity index (χ0v) is 17.0. The minimum absolute atomic E-state index is 0.163. The standard InChI is InChI=1S/C21H20ClFN4O2/c1-13-20(22)14(2)27(25-13)18-9-7-15(8-10-18)21(29)26(3)12-19(28)24-17-6-4-5-16(23)11-17/h4-11H,12H2,1-3H3,(H,24,28). The van der Waals surface area contributed by atoms with Gasteiger partial charge in [-0.3, -0.25) is 9.59 Å². The number of hydrogen-bond donors (Lipinski definition) is 1. The highest BCUT2D eigenvalue weighted by molar-refractivity contribution is 6.31. The number of carbonyl (C=O) groups excluding carboxylic acids is 2. The van der Waals surface area contributed by atoms with Gasteiger partial charge in [0.15, 0.2) is 0 Å². The first kappa shape index (κ1) is 20.5. The number of benzene rings is 2. The van der Waals surface area contributed by atoms with Crippen molar-refractivity contribution in [3.05, 3.63) is 76.3 Å². The first-order valence-electron chi connectivity index (χ1n) is 8.89. The molecule has 3 aromatic rings. The number of halogens is 2. The van der Waals surface area contributed by atoms with E-state index in [1.54, 1.807) is 35.0 Å². The summed E-state index contributed by atoms with van der Waals surface area (Å²) >= 11 is 6.18. The number of aryl methyl sites for hydroxylation is 1. The fourth-order valence-corrected chi connectivity index (χ4v) is 3.01. The van der Waals surface area contributed by atoms with Crippen LogP contribution in [0.4, 0.5) is 10.1 Å². The summed E-state index contributed by atoms with van der Waals surface area (Å²) in [4.78, 5) is 26.0. The number of carbonyl (C=O) groups is 2. The molecule has 0 aliphatic carbocycles. The fourth-order valence-electron chi connectivity index (χ4n) is 2.89. The van der Waals surface area contributed by atoms with Gasteiger partial charge in [0.05, 0.1) is 28.6 Å². The smallest absolute Gasteiger partial charge is 0.254 e. The van der Waals surface area contributed by atoms with Gasteiger partial charge in [-0.1, -0.05) is 17.7 Å². The predicted molar refractivity (Wildman–Crippen MR) is 110 cm³/mol. The van der Waals surface area contributed by atoms with Crippen LogP contribution in [0.15, 0.2) is 48.5 Å². The van der Waals surface area contributed by atoms with Crippen molar-refractivity contribution in [1.29, 1.82) is 0 Å². The molecule has 150 valence electrons. The maximum absolute atomic E-state index is 13.2. The van der Waals surface area contributed by atoms with E-state index in [-0.39, 0.29) is 12.5 Å². The van der Waals surface area contributed by atoms with Gasteiger partial charge in [-0.2, -0.15) is 5.10 Å². The summed E-state index contributed by atoms with van der Waals surface area (Å²) in [6.07, 6.45) is 0. The van der Waals surface area contributed by atoms with E-state index in [1.807, 2.05) is 13.8 Å². The average molecular weight is 415 g/mol. The molecule has 0 bridgehead atoms. The van der Waals surface area contributed by atoms with Crippen molar-refractivity contribution < 1.29 is 14.0 Å². The Morgan fingerprint density at radius 3 is 2.45 bits per heavy atom. The van der Waals surface area contributed by atoms with Crippen LogP contribution in [0.2, 0.25) is 5.02 Å². The Hall–Kier alpha value is -3.19. The van der Waals surface area contributed by atoms with E-state index in [4.69, 9.17) is 11.6 Å². The van der Waals surface area contributed by atoms with Gasteiger partial charge in [-0.25, -0.2) is 9.07 Å². The van der Waals surface area contributed by atoms with E-state index in [1.165, 1.54) is 30.1 Å². The highest BCUT2D eigenvalue weighted by Crippen LogP contribution is 2.22. The first-order chi connectivity index (χ1) is 13.8. The minimum atomic E-state index is -0.448. The van der Waals surface area contributed by atoms with Gasteiger partial charge in [0.1, 0.15) is 5.82 Å². The second-order valence-corrected chi connectivity index (χ2v) is 7.04. The van der Waals surface area contributed by atoms with Crippen LogP contribution in [0.25, 0.3) is 5.69 Å². The number of nitrogens with one attached hydrogen (secondary N) is 1. The lowest BCUT2D eigenvalue weighted by Crippen LogP contribution is -2.34. The largest absolute Gasteiger partial charge is 0.332 e. The van der Waals surface area contributed by atoms with Crippen molar-refractivity contribution in [3.63, 3.8) is 0 Å². The number of rotatable bonds is 5. The number of amides is 2. The van der Waals surface area contributed by atoms with Gasteiger partial charge in [-0.05, 0) is 56.3 Å². The number of hydrogen-bond acceptors (Lipinski definition) is 3. The molecule has 0 aliphatic heterocycles. The van der Waals surface area contributed by atoms with Gasteiger partial charge >= 0.3 is 0 Å². The predicted octanol–water partition coefficient (Wildman–Crippen LogP) is 3.99. The summed E-state index contributed by atoms with van der Waals surface area (Å²) in [6.45, 7) is 3.53. The molecule has 0 spiro atoms. The Kier molecular flexibility index (Phi) is 5.98. The van der Waals surface area contributed by atoms with Crippen LogP contribution in [0.5, 0.6) is 0 Å². The molecule has 29 heavy (non-hydrogen) atoms. The third kappa shape index (κ3) is 4.63. The van der Waals surface area contributed by atoms with E-state index in [9.17, 15) is 14.0 Å². The van der Waals surface area contributed by atoms with Crippen LogP contribution >= 0.6 is 11.6 Å². The molecule has 0 unspecified atom stereocenters. The highest BCUT2D eigenvalue weighted by Gasteiger charge is 2.16. The molecule has 2 aromatic carbocycles. The van der Waals surface area contributed by atoms with E-state index >= 15 is 0 Å². The SMILES string of the molecule is Cc1nn(-c2ccc(C(=O)N(C)CC(=O)Nc3cccc(F)c3)cc2)c(C)c1Cl. The molecule has 0 saturated carbocycles. The molecule has 2 amide bonds. The summed E-state index contributed by atoms with van der Waals surface area (Å²) < 4.78 is 14.9. The van der Waals surface area contributed by atoms with E-state index < -0.39 is 11.7 Å². The number of nitrogens with zero attached hydrogens (tertiary/aromatic N) is 3. The molecule has 0 aliphatic rings. The minimum Gasteiger partial charge on any atom is -0.332 e.